The third kappa shape index (κ3) is 5.64. The minimum Gasteiger partial charge on any atom is -0.477 e. The molecule has 2 rings (SSSR count). The molecule has 0 fully saturated rings. The second kappa shape index (κ2) is 10.9. The van der Waals surface area contributed by atoms with Crippen molar-refractivity contribution in [2.45, 2.75) is 46.3 Å². The van der Waals surface area contributed by atoms with Crippen LogP contribution in [0.1, 0.15) is 48.7 Å². The standard InChI is InChI=1S/C21H29NO6/c1-4-14-11-18-16(20(23)17(12-22-18)21(24)25)10-15(14)8-7-9-26-13-19(27-5-2)28-6-3/h10-12,19H,4-9,13H2,1-3H3,(H,22,23)(H,24,25). The Morgan fingerprint density at radius 1 is 1.14 bits per heavy atom. The van der Waals surface area contributed by atoms with Crippen molar-refractivity contribution in [2.75, 3.05) is 26.4 Å². The fourth-order valence-electron chi connectivity index (χ4n) is 3.14. The van der Waals surface area contributed by atoms with Crippen LogP contribution in [0.15, 0.2) is 23.1 Å². The molecule has 154 valence electrons. The summed E-state index contributed by atoms with van der Waals surface area (Å²) < 4.78 is 16.5. The first-order chi connectivity index (χ1) is 13.5. The van der Waals surface area contributed by atoms with Crippen LogP contribution in [0, 0.1) is 0 Å². The molecular weight excluding hydrogens is 362 g/mol. The van der Waals surface area contributed by atoms with Crippen LogP contribution in [0.2, 0.25) is 0 Å². The third-order valence-corrected chi connectivity index (χ3v) is 4.51. The molecule has 0 atom stereocenters. The lowest BCUT2D eigenvalue weighted by Crippen LogP contribution is -2.23. The molecule has 7 heteroatoms. The Labute approximate surface area is 164 Å². The van der Waals surface area contributed by atoms with Gasteiger partial charge in [0.05, 0.1) is 6.61 Å². The molecule has 0 saturated heterocycles. The summed E-state index contributed by atoms with van der Waals surface area (Å²) in [6, 6.07) is 3.74. The molecule has 0 radical (unpaired) electrons. The molecule has 1 aromatic heterocycles. The Morgan fingerprint density at radius 2 is 1.86 bits per heavy atom. The lowest BCUT2D eigenvalue weighted by molar-refractivity contribution is -0.167. The highest BCUT2D eigenvalue weighted by Crippen LogP contribution is 2.19. The van der Waals surface area contributed by atoms with Crippen LogP contribution < -0.4 is 5.43 Å². The van der Waals surface area contributed by atoms with E-state index in [0.29, 0.717) is 37.3 Å². The van der Waals surface area contributed by atoms with E-state index in [1.165, 1.54) is 6.20 Å². The molecule has 0 amide bonds. The second-order valence-electron chi connectivity index (χ2n) is 6.38. The maximum atomic E-state index is 12.4. The molecule has 0 aliphatic carbocycles. The monoisotopic (exact) mass is 391 g/mol. The number of pyridine rings is 1. The number of rotatable bonds is 12. The van der Waals surface area contributed by atoms with Gasteiger partial charge in [-0.25, -0.2) is 4.79 Å². The van der Waals surface area contributed by atoms with Gasteiger partial charge in [0, 0.05) is 36.9 Å². The summed E-state index contributed by atoms with van der Waals surface area (Å²) in [4.78, 5) is 26.6. The predicted molar refractivity (Wildman–Crippen MR) is 107 cm³/mol. The van der Waals surface area contributed by atoms with E-state index in [-0.39, 0.29) is 11.9 Å². The van der Waals surface area contributed by atoms with Gasteiger partial charge in [0.25, 0.3) is 0 Å². The Balaban J connectivity index is 2.06. The van der Waals surface area contributed by atoms with Gasteiger partial charge < -0.3 is 24.3 Å². The van der Waals surface area contributed by atoms with Gasteiger partial charge in [-0.05, 0) is 56.4 Å². The van der Waals surface area contributed by atoms with E-state index in [4.69, 9.17) is 19.3 Å². The number of aryl methyl sites for hydroxylation is 2. The summed E-state index contributed by atoms with van der Waals surface area (Å²) >= 11 is 0. The van der Waals surface area contributed by atoms with Crippen LogP contribution >= 0.6 is 0 Å². The number of aromatic amines is 1. The van der Waals surface area contributed by atoms with Crippen LogP contribution in [-0.4, -0.2) is 48.8 Å². The van der Waals surface area contributed by atoms with Crippen LogP contribution in [0.25, 0.3) is 10.9 Å². The van der Waals surface area contributed by atoms with E-state index >= 15 is 0 Å². The zero-order valence-corrected chi connectivity index (χ0v) is 16.7. The smallest absolute Gasteiger partial charge is 0.341 e. The zero-order valence-electron chi connectivity index (χ0n) is 16.7. The highest BCUT2D eigenvalue weighted by molar-refractivity contribution is 5.92. The maximum absolute atomic E-state index is 12.4. The van der Waals surface area contributed by atoms with Gasteiger partial charge in [-0.3, -0.25) is 4.79 Å². The molecule has 0 saturated carbocycles. The van der Waals surface area contributed by atoms with E-state index in [9.17, 15) is 9.59 Å². The molecule has 1 heterocycles. The number of hydrogen-bond acceptors (Lipinski definition) is 5. The van der Waals surface area contributed by atoms with Crippen molar-refractivity contribution >= 4 is 16.9 Å². The van der Waals surface area contributed by atoms with Gasteiger partial charge in [0.2, 0.25) is 5.43 Å². The van der Waals surface area contributed by atoms with Crippen molar-refractivity contribution in [3.05, 3.63) is 45.2 Å². The van der Waals surface area contributed by atoms with Crippen molar-refractivity contribution in [3.63, 3.8) is 0 Å². The van der Waals surface area contributed by atoms with E-state index in [0.717, 1.165) is 30.4 Å². The normalized spacial score (nSPS) is 11.4. The molecule has 0 aliphatic heterocycles. The van der Waals surface area contributed by atoms with Crippen LogP contribution in [0.3, 0.4) is 0 Å². The first-order valence-electron chi connectivity index (χ1n) is 9.73. The number of hydrogen-bond donors (Lipinski definition) is 2. The van der Waals surface area contributed by atoms with Crippen molar-refractivity contribution in [1.82, 2.24) is 4.98 Å². The number of aromatic nitrogens is 1. The first kappa shape index (κ1) is 22.1. The molecular formula is C21H29NO6. The predicted octanol–water partition coefficient (Wildman–Crippen LogP) is 3.14. The molecule has 28 heavy (non-hydrogen) atoms. The quantitative estimate of drug-likeness (QED) is 0.426. The van der Waals surface area contributed by atoms with Crippen LogP contribution in [-0.2, 0) is 27.1 Å². The van der Waals surface area contributed by atoms with E-state index in [1.54, 1.807) is 0 Å². The summed E-state index contributed by atoms with van der Waals surface area (Å²) in [6.07, 6.45) is 3.25. The summed E-state index contributed by atoms with van der Waals surface area (Å²) in [6.45, 7) is 7.94. The minimum atomic E-state index is -1.23. The molecule has 0 unspecified atom stereocenters. The molecule has 1 aromatic carbocycles. The van der Waals surface area contributed by atoms with Crippen molar-refractivity contribution in [2.24, 2.45) is 0 Å². The van der Waals surface area contributed by atoms with Crippen molar-refractivity contribution in [3.8, 4) is 0 Å². The number of carbonyl (C=O) groups is 1. The van der Waals surface area contributed by atoms with Gasteiger partial charge in [-0.15, -0.1) is 0 Å². The van der Waals surface area contributed by atoms with Crippen LogP contribution in [0.4, 0.5) is 0 Å². The van der Waals surface area contributed by atoms with Gasteiger partial charge in [-0.2, -0.15) is 0 Å². The maximum Gasteiger partial charge on any atom is 0.341 e. The van der Waals surface area contributed by atoms with E-state index in [1.807, 2.05) is 26.0 Å². The van der Waals surface area contributed by atoms with Gasteiger partial charge in [-0.1, -0.05) is 6.92 Å². The fraction of sp³-hybridized carbons (Fsp3) is 0.524. The molecule has 7 nitrogen and oxygen atoms in total. The van der Waals surface area contributed by atoms with Gasteiger partial charge in [0.1, 0.15) is 5.56 Å². The number of carboxylic acid groups (broad SMARTS) is 1. The molecule has 0 spiro atoms. The molecule has 0 aliphatic rings. The fourth-order valence-corrected chi connectivity index (χ4v) is 3.14. The molecule has 0 bridgehead atoms. The average Bonchev–Trinajstić information content (AvgIpc) is 2.67. The largest absolute Gasteiger partial charge is 0.477 e. The summed E-state index contributed by atoms with van der Waals surface area (Å²) in [7, 11) is 0. The lowest BCUT2D eigenvalue weighted by Gasteiger charge is -2.17. The zero-order chi connectivity index (χ0) is 20.5. The Kier molecular flexibility index (Phi) is 8.63. The highest BCUT2D eigenvalue weighted by Gasteiger charge is 2.14. The summed E-state index contributed by atoms with van der Waals surface area (Å²) in [5, 5.41) is 9.56. The number of fused-ring (bicyclic) bond motifs is 1. The highest BCUT2D eigenvalue weighted by atomic mass is 16.7. The molecule has 2 N–H and O–H groups in total. The summed E-state index contributed by atoms with van der Waals surface area (Å²) in [5.41, 5.74) is 2.12. The Hall–Kier alpha value is -2.22. The van der Waals surface area contributed by atoms with E-state index in [2.05, 4.69) is 11.9 Å². The van der Waals surface area contributed by atoms with E-state index < -0.39 is 11.4 Å². The number of nitrogens with one attached hydrogen (secondary N) is 1. The number of aromatic carboxylic acids is 1. The van der Waals surface area contributed by atoms with Crippen molar-refractivity contribution < 1.29 is 24.1 Å². The average molecular weight is 391 g/mol. The third-order valence-electron chi connectivity index (χ3n) is 4.51. The number of carboxylic acids is 1. The topological polar surface area (TPSA) is 97.9 Å². The Bertz CT molecular complexity index is 839. The SMILES string of the molecule is CCOC(COCCCc1cc2c(=O)c(C(=O)O)c[nH]c2cc1CC)OCC. The van der Waals surface area contributed by atoms with Crippen LogP contribution in [0.5, 0.6) is 0 Å². The van der Waals surface area contributed by atoms with Gasteiger partial charge in [0.15, 0.2) is 6.29 Å². The van der Waals surface area contributed by atoms with Crippen molar-refractivity contribution in [1.29, 1.82) is 0 Å². The number of ether oxygens (including phenoxy) is 3. The number of H-pyrrole nitrogens is 1. The first-order valence-corrected chi connectivity index (χ1v) is 9.73. The lowest BCUT2D eigenvalue weighted by atomic mass is 9.97. The molecule has 2 aromatic rings. The minimum absolute atomic E-state index is 0.246. The summed E-state index contributed by atoms with van der Waals surface area (Å²) in [5.74, 6) is -1.23. The second-order valence-corrected chi connectivity index (χ2v) is 6.38. The Morgan fingerprint density at radius 3 is 2.46 bits per heavy atom. The van der Waals surface area contributed by atoms with Gasteiger partial charge >= 0.3 is 5.97 Å². The number of benzene rings is 1.